The van der Waals surface area contributed by atoms with Gasteiger partial charge in [-0.05, 0) is 11.6 Å². The van der Waals surface area contributed by atoms with Crippen molar-refractivity contribution in [2.45, 2.75) is 10.3 Å². The van der Waals surface area contributed by atoms with Crippen LogP contribution in [0.2, 0.25) is 0 Å². The fourth-order valence-corrected chi connectivity index (χ4v) is 2.13. The van der Waals surface area contributed by atoms with Gasteiger partial charge in [0.2, 0.25) is 0 Å². The first-order valence-corrected chi connectivity index (χ1v) is 5.24. The van der Waals surface area contributed by atoms with Crippen molar-refractivity contribution in [2.24, 2.45) is 0 Å². The highest BCUT2D eigenvalue weighted by Gasteiger charge is 2.32. The molecule has 72 valence electrons. The number of benzene rings is 1. The Morgan fingerprint density at radius 1 is 1.00 bits per heavy atom. The van der Waals surface area contributed by atoms with Gasteiger partial charge >= 0.3 is 0 Å². The first-order chi connectivity index (χ1) is 6.70. The minimum Gasteiger partial charge on any atom is -0.0959 e. The normalized spacial score (nSPS) is 23.7. The Labute approximate surface area is 93.8 Å². The summed E-state index contributed by atoms with van der Waals surface area (Å²) in [6.07, 6.45) is 7.68. The summed E-state index contributed by atoms with van der Waals surface area (Å²) in [7, 11) is 0. The van der Waals surface area contributed by atoms with E-state index in [9.17, 15) is 0 Å². The van der Waals surface area contributed by atoms with Gasteiger partial charge in [-0.1, -0.05) is 71.8 Å². The zero-order chi connectivity index (χ0) is 10.0. The topological polar surface area (TPSA) is 0 Å². The molecule has 1 unspecified atom stereocenters. The lowest BCUT2D eigenvalue weighted by Gasteiger charge is -2.26. The zero-order valence-corrected chi connectivity index (χ0v) is 9.04. The standard InChI is InChI=1S/C12H10Cl2/c13-12(14)9-5-4-8-11(12)10-6-2-1-3-7-10/h1-9,11H. The van der Waals surface area contributed by atoms with E-state index in [0.29, 0.717) is 0 Å². The average Bonchev–Trinajstić information content (AvgIpc) is 2.18. The molecule has 0 nitrogen and oxygen atoms in total. The summed E-state index contributed by atoms with van der Waals surface area (Å²) in [4.78, 5) is 0. The van der Waals surface area contributed by atoms with E-state index in [1.54, 1.807) is 0 Å². The molecule has 0 spiro atoms. The first kappa shape index (κ1) is 9.82. The van der Waals surface area contributed by atoms with Crippen LogP contribution < -0.4 is 0 Å². The van der Waals surface area contributed by atoms with Crippen molar-refractivity contribution in [3.63, 3.8) is 0 Å². The summed E-state index contributed by atoms with van der Waals surface area (Å²) < 4.78 is -0.823. The molecular formula is C12H10Cl2. The Bertz CT molecular complexity index is 363. The molecule has 0 radical (unpaired) electrons. The van der Waals surface area contributed by atoms with E-state index in [2.05, 4.69) is 0 Å². The first-order valence-electron chi connectivity index (χ1n) is 4.49. The third kappa shape index (κ3) is 1.87. The molecule has 0 N–H and O–H groups in total. The van der Waals surface area contributed by atoms with E-state index < -0.39 is 4.33 Å². The maximum atomic E-state index is 6.20. The number of halogens is 2. The molecule has 14 heavy (non-hydrogen) atoms. The van der Waals surface area contributed by atoms with Crippen molar-refractivity contribution in [3.8, 4) is 0 Å². The van der Waals surface area contributed by atoms with Crippen LogP contribution in [0.25, 0.3) is 0 Å². The molecule has 0 amide bonds. The van der Waals surface area contributed by atoms with Gasteiger partial charge in [-0.15, -0.1) is 0 Å². The van der Waals surface area contributed by atoms with Crippen molar-refractivity contribution in [1.82, 2.24) is 0 Å². The molecule has 0 bridgehead atoms. The number of rotatable bonds is 1. The molecule has 1 aliphatic carbocycles. The Balaban J connectivity index is 2.36. The monoisotopic (exact) mass is 224 g/mol. The molecular weight excluding hydrogens is 215 g/mol. The van der Waals surface area contributed by atoms with E-state index in [1.165, 1.54) is 0 Å². The zero-order valence-electron chi connectivity index (χ0n) is 7.53. The molecule has 1 aromatic rings. The Kier molecular flexibility index (Phi) is 2.66. The van der Waals surface area contributed by atoms with E-state index in [4.69, 9.17) is 23.2 Å². The van der Waals surface area contributed by atoms with Gasteiger partial charge in [0.05, 0.1) is 0 Å². The van der Waals surface area contributed by atoms with E-state index in [1.807, 2.05) is 54.6 Å². The van der Waals surface area contributed by atoms with Gasteiger partial charge in [0, 0.05) is 5.92 Å². The summed E-state index contributed by atoms with van der Waals surface area (Å²) >= 11 is 12.4. The minimum atomic E-state index is -0.823. The van der Waals surface area contributed by atoms with Gasteiger partial charge in [0.25, 0.3) is 0 Å². The number of alkyl halides is 2. The molecule has 2 heteroatoms. The SMILES string of the molecule is ClC1(Cl)C=CC=CC1c1ccccc1. The average molecular weight is 225 g/mol. The second-order valence-electron chi connectivity index (χ2n) is 3.31. The second-order valence-corrected chi connectivity index (χ2v) is 4.75. The highest BCUT2D eigenvalue weighted by atomic mass is 35.5. The lowest BCUT2D eigenvalue weighted by atomic mass is 9.92. The summed E-state index contributed by atoms with van der Waals surface area (Å²) in [5.74, 6) is 0.0389. The highest BCUT2D eigenvalue weighted by molar-refractivity contribution is 6.50. The highest BCUT2D eigenvalue weighted by Crippen LogP contribution is 2.41. The molecule has 0 saturated carbocycles. The van der Waals surface area contributed by atoms with Crippen molar-refractivity contribution in [3.05, 3.63) is 60.2 Å². The smallest absolute Gasteiger partial charge is 0.0959 e. The maximum Gasteiger partial charge on any atom is 0.146 e. The van der Waals surface area contributed by atoms with Gasteiger partial charge < -0.3 is 0 Å². The molecule has 0 aromatic heterocycles. The lowest BCUT2D eigenvalue weighted by Crippen LogP contribution is -2.21. The van der Waals surface area contributed by atoms with Crippen LogP contribution >= 0.6 is 23.2 Å². The summed E-state index contributed by atoms with van der Waals surface area (Å²) in [5, 5.41) is 0. The quantitative estimate of drug-likeness (QED) is 0.632. The van der Waals surface area contributed by atoms with E-state index >= 15 is 0 Å². The summed E-state index contributed by atoms with van der Waals surface area (Å²) in [6.45, 7) is 0. The van der Waals surface area contributed by atoms with Crippen molar-refractivity contribution in [2.75, 3.05) is 0 Å². The lowest BCUT2D eigenvalue weighted by molar-refractivity contribution is 0.803. The molecule has 1 aliphatic rings. The molecule has 1 atom stereocenters. The third-order valence-corrected chi connectivity index (χ3v) is 3.03. The van der Waals surface area contributed by atoms with Gasteiger partial charge in [-0.2, -0.15) is 0 Å². The number of hydrogen-bond acceptors (Lipinski definition) is 0. The fraction of sp³-hybridized carbons (Fsp3) is 0.167. The van der Waals surface area contributed by atoms with Crippen LogP contribution in [0.4, 0.5) is 0 Å². The van der Waals surface area contributed by atoms with Crippen molar-refractivity contribution in [1.29, 1.82) is 0 Å². The number of allylic oxidation sites excluding steroid dienone is 4. The van der Waals surface area contributed by atoms with Gasteiger partial charge in [0.15, 0.2) is 0 Å². The van der Waals surface area contributed by atoms with Crippen LogP contribution in [0.15, 0.2) is 54.6 Å². The fourth-order valence-electron chi connectivity index (χ4n) is 1.58. The Hall–Kier alpha value is -0.720. The van der Waals surface area contributed by atoms with E-state index in [-0.39, 0.29) is 5.92 Å². The van der Waals surface area contributed by atoms with Crippen LogP contribution in [0.1, 0.15) is 11.5 Å². The molecule has 0 fully saturated rings. The van der Waals surface area contributed by atoms with Gasteiger partial charge in [-0.25, -0.2) is 0 Å². The molecule has 0 saturated heterocycles. The van der Waals surface area contributed by atoms with Crippen LogP contribution in [0, 0.1) is 0 Å². The van der Waals surface area contributed by atoms with Crippen LogP contribution in [0.5, 0.6) is 0 Å². The molecule has 0 heterocycles. The molecule has 0 aliphatic heterocycles. The maximum absolute atomic E-state index is 6.20. The molecule has 2 rings (SSSR count). The van der Waals surface area contributed by atoms with E-state index in [0.717, 1.165) is 5.56 Å². The molecule has 1 aromatic carbocycles. The Morgan fingerprint density at radius 3 is 2.36 bits per heavy atom. The summed E-state index contributed by atoms with van der Waals surface area (Å²) in [6, 6.07) is 10.0. The third-order valence-electron chi connectivity index (χ3n) is 2.31. The largest absolute Gasteiger partial charge is 0.146 e. The van der Waals surface area contributed by atoms with Gasteiger partial charge in [0.1, 0.15) is 4.33 Å². The Morgan fingerprint density at radius 2 is 1.71 bits per heavy atom. The van der Waals surface area contributed by atoms with Gasteiger partial charge in [-0.3, -0.25) is 0 Å². The predicted octanol–water partition coefficient (Wildman–Crippen LogP) is 4.07. The number of hydrogen-bond donors (Lipinski definition) is 0. The van der Waals surface area contributed by atoms with Crippen molar-refractivity contribution < 1.29 is 0 Å². The second kappa shape index (κ2) is 3.80. The van der Waals surface area contributed by atoms with Crippen LogP contribution in [0.3, 0.4) is 0 Å². The summed E-state index contributed by atoms with van der Waals surface area (Å²) in [5.41, 5.74) is 1.14. The minimum absolute atomic E-state index is 0.0389. The van der Waals surface area contributed by atoms with Crippen LogP contribution in [-0.2, 0) is 0 Å². The van der Waals surface area contributed by atoms with Crippen LogP contribution in [-0.4, -0.2) is 4.33 Å². The predicted molar refractivity (Wildman–Crippen MR) is 61.9 cm³/mol. The van der Waals surface area contributed by atoms with Crippen molar-refractivity contribution >= 4 is 23.2 Å².